The minimum Gasteiger partial charge on any atom is -0.507 e. The van der Waals surface area contributed by atoms with Crippen molar-refractivity contribution in [1.82, 2.24) is 10.4 Å². The Balaban J connectivity index is 2.12. The van der Waals surface area contributed by atoms with Gasteiger partial charge in [-0.15, -0.1) is 0 Å². The number of nitrogens with one attached hydrogen (secondary N) is 1. The van der Waals surface area contributed by atoms with Crippen LogP contribution in [0, 0.1) is 0 Å². The second-order valence-electron chi connectivity index (χ2n) is 5.96. The monoisotopic (exact) mass is 297 g/mol. The molecule has 5 heteroatoms. The van der Waals surface area contributed by atoms with Gasteiger partial charge in [-0.2, -0.15) is 5.10 Å². The second-order valence-corrected chi connectivity index (χ2v) is 5.96. The quantitative estimate of drug-likeness (QED) is 0.675. The molecule has 0 saturated carbocycles. The van der Waals surface area contributed by atoms with Gasteiger partial charge in [0.25, 0.3) is 5.91 Å². The van der Waals surface area contributed by atoms with Crippen LogP contribution >= 0.6 is 0 Å². The van der Waals surface area contributed by atoms with Crippen LogP contribution in [0.5, 0.6) is 5.75 Å². The van der Waals surface area contributed by atoms with Crippen LogP contribution in [0.25, 0.3) is 0 Å². The molecule has 1 aromatic carbocycles. The lowest BCUT2D eigenvalue weighted by atomic mass is 9.86. The summed E-state index contributed by atoms with van der Waals surface area (Å²) >= 11 is 0. The lowest BCUT2D eigenvalue weighted by molar-refractivity contribution is 0.0954. The summed E-state index contributed by atoms with van der Waals surface area (Å²) < 4.78 is 0. The van der Waals surface area contributed by atoms with E-state index in [-0.39, 0.29) is 17.1 Å². The number of nitrogens with zero attached hydrogens (tertiary/aromatic N) is 2. The fourth-order valence-electron chi connectivity index (χ4n) is 1.85. The van der Waals surface area contributed by atoms with Crippen LogP contribution in [-0.4, -0.2) is 22.2 Å². The van der Waals surface area contributed by atoms with Crippen molar-refractivity contribution in [2.24, 2.45) is 5.10 Å². The van der Waals surface area contributed by atoms with E-state index in [0.29, 0.717) is 11.1 Å². The van der Waals surface area contributed by atoms with Crippen LogP contribution in [0.15, 0.2) is 47.8 Å². The molecule has 0 saturated heterocycles. The van der Waals surface area contributed by atoms with Gasteiger partial charge in [-0.1, -0.05) is 26.8 Å². The topological polar surface area (TPSA) is 74.6 Å². The Morgan fingerprint density at radius 3 is 2.73 bits per heavy atom. The predicted octanol–water partition coefficient (Wildman–Crippen LogP) is 2.85. The fourth-order valence-corrected chi connectivity index (χ4v) is 1.85. The van der Waals surface area contributed by atoms with Crippen molar-refractivity contribution in [3.8, 4) is 5.75 Å². The largest absolute Gasteiger partial charge is 0.507 e. The summed E-state index contributed by atoms with van der Waals surface area (Å²) in [6.45, 7) is 6.26. The first-order chi connectivity index (χ1) is 10.4. The predicted molar refractivity (Wildman–Crippen MR) is 86.1 cm³/mol. The normalized spacial score (nSPS) is 11.6. The van der Waals surface area contributed by atoms with Gasteiger partial charge in [0, 0.05) is 18.0 Å². The number of benzene rings is 1. The lowest BCUT2D eigenvalue weighted by Crippen LogP contribution is -2.17. The van der Waals surface area contributed by atoms with Crippen molar-refractivity contribution in [1.29, 1.82) is 0 Å². The van der Waals surface area contributed by atoms with E-state index in [9.17, 15) is 9.90 Å². The molecule has 1 heterocycles. The molecule has 114 valence electrons. The molecule has 2 aromatic rings. The van der Waals surface area contributed by atoms with Gasteiger partial charge in [0.05, 0.1) is 11.8 Å². The number of hydrogen-bond acceptors (Lipinski definition) is 4. The first-order valence-electron chi connectivity index (χ1n) is 6.95. The number of carbonyl (C=O) groups is 1. The highest BCUT2D eigenvalue weighted by Gasteiger charge is 2.14. The Labute approximate surface area is 129 Å². The highest BCUT2D eigenvalue weighted by molar-refractivity contribution is 5.94. The highest BCUT2D eigenvalue weighted by atomic mass is 16.3. The third kappa shape index (κ3) is 3.91. The molecule has 5 nitrogen and oxygen atoms in total. The first-order valence-corrected chi connectivity index (χ1v) is 6.95. The van der Waals surface area contributed by atoms with E-state index in [2.05, 4.69) is 36.3 Å². The van der Waals surface area contributed by atoms with Crippen molar-refractivity contribution in [3.05, 3.63) is 59.4 Å². The van der Waals surface area contributed by atoms with Gasteiger partial charge in [0.1, 0.15) is 5.75 Å². The molecule has 0 radical (unpaired) electrons. The van der Waals surface area contributed by atoms with Gasteiger partial charge in [-0.25, -0.2) is 5.43 Å². The molecule has 2 N–H and O–H groups in total. The summed E-state index contributed by atoms with van der Waals surface area (Å²) in [6.07, 6.45) is 4.48. The Hall–Kier alpha value is -2.69. The number of aromatic nitrogens is 1. The lowest BCUT2D eigenvalue weighted by Gasteiger charge is -2.19. The van der Waals surface area contributed by atoms with E-state index in [4.69, 9.17) is 0 Å². The Kier molecular flexibility index (Phi) is 4.56. The Bertz CT molecular complexity index is 689. The highest BCUT2D eigenvalue weighted by Crippen LogP contribution is 2.26. The van der Waals surface area contributed by atoms with Crippen LogP contribution in [-0.2, 0) is 5.41 Å². The van der Waals surface area contributed by atoms with Gasteiger partial charge < -0.3 is 5.11 Å². The third-order valence-electron chi connectivity index (χ3n) is 3.19. The zero-order chi connectivity index (χ0) is 16.2. The maximum absolute atomic E-state index is 11.8. The number of carbonyl (C=O) groups excluding carboxylic acids is 1. The Morgan fingerprint density at radius 1 is 1.32 bits per heavy atom. The number of phenols is 1. The van der Waals surface area contributed by atoms with E-state index < -0.39 is 0 Å². The van der Waals surface area contributed by atoms with Crippen LogP contribution in [0.1, 0.15) is 42.3 Å². The van der Waals surface area contributed by atoms with Crippen molar-refractivity contribution in [3.63, 3.8) is 0 Å². The summed E-state index contributed by atoms with van der Waals surface area (Å²) in [5.74, 6) is -0.233. The number of rotatable bonds is 3. The van der Waals surface area contributed by atoms with Gasteiger partial charge in [-0.05, 0) is 35.2 Å². The molecular formula is C17H19N3O2. The third-order valence-corrected chi connectivity index (χ3v) is 3.19. The number of pyridine rings is 1. The molecular weight excluding hydrogens is 278 g/mol. The first kappa shape index (κ1) is 15.7. The fraction of sp³-hybridized carbons (Fsp3) is 0.235. The molecule has 0 spiro atoms. The molecule has 0 aliphatic rings. The number of hydrogen-bond donors (Lipinski definition) is 2. The van der Waals surface area contributed by atoms with E-state index in [1.165, 1.54) is 12.4 Å². The van der Waals surface area contributed by atoms with Crippen LogP contribution in [0.4, 0.5) is 0 Å². The van der Waals surface area contributed by atoms with Gasteiger partial charge >= 0.3 is 0 Å². The summed E-state index contributed by atoms with van der Waals surface area (Å²) in [5, 5.41) is 13.8. The van der Waals surface area contributed by atoms with Gasteiger partial charge in [0.15, 0.2) is 0 Å². The number of aromatic hydroxyl groups is 1. The second kappa shape index (κ2) is 6.39. The number of amides is 1. The number of hydrazone groups is 1. The van der Waals surface area contributed by atoms with Crippen molar-refractivity contribution >= 4 is 12.1 Å². The molecule has 0 atom stereocenters. The zero-order valence-corrected chi connectivity index (χ0v) is 12.9. The average molecular weight is 297 g/mol. The van der Waals surface area contributed by atoms with Crippen LogP contribution < -0.4 is 5.43 Å². The van der Waals surface area contributed by atoms with E-state index in [0.717, 1.165) is 5.56 Å². The maximum Gasteiger partial charge on any atom is 0.272 e. The van der Waals surface area contributed by atoms with Gasteiger partial charge in [-0.3, -0.25) is 9.78 Å². The molecule has 22 heavy (non-hydrogen) atoms. The summed E-state index contributed by atoms with van der Waals surface area (Å²) in [6, 6.07) is 8.69. The molecule has 1 aromatic heterocycles. The van der Waals surface area contributed by atoms with Crippen LogP contribution in [0.2, 0.25) is 0 Å². The van der Waals surface area contributed by atoms with Crippen molar-refractivity contribution in [2.45, 2.75) is 26.2 Å². The Morgan fingerprint density at radius 2 is 2.09 bits per heavy atom. The summed E-state index contributed by atoms with van der Waals surface area (Å²) in [4.78, 5) is 15.7. The van der Waals surface area contributed by atoms with Crippen LogP contribution in [0.3, 0.4) is 0 Å². The van der Waals surface area contributed by atoms with Crippen molar-refractivity contribution in [2.75, 3.05) is 0 Å². The molecule has 0 unspecified atom stereocenters. The average Bonchev–Trinajstić information content (AvgIpc) is 2.48. The minimum atomic E-state index is -0.351. The van der Waals surface area contributed by atoms with Gasteiger partial charge in [0.2, 0.25) is 0 Å². The molecule has 2 rings (SSSR count). The van der Waals surface area contributed by atoms with E-state index in [1.807, 2.05) is 12.1 Å². The molecule has 0 aliphatic heterocycles. The molecule has 0 aliphatic carbocycles. The van der Waals surface area contributed by atoms with E-state index in [1.54, 1.807) is 24.4 Å². The molecule has 1 amide bonds. The zero-order valence-electron chi connectivity index (χ0n) is 12.9. The molecule has 0 fully saturated rings. The SMILES string of the molecule is CC(C)(C)c1ccc(O)c(/C=N\NC(=O)c2cccnc2)c1. The summed E-state index contributed by atoms with van der Waals surface area (Å²) in [7, 11) is 0. The van der Waals surface area contributed by atoms with Crippen molar-refractivity contribution < 1.29 is 9.90 Å². The maximum atomic E-state index is 11.8. The minimum absolute atomic E-state index is 0.0325. The number of phenolic OH excluding ortho intramolecular Hbond substituents is 1. The smallest absolute Gasteiger partial charge is 0.272 e. The molecule has 0 bridgehead atoms. The summed E-state index contributed by atoms with van der Waals surface area (Å²) in [5.41, 5.74) is 4.43. The standard InChI is InChI=1S/C17H19N3O2/c1-17(2,3)14-6-7-15(21)13(9-14)11-19-20-16(22)12-5-4-8-18-10-12/h4-11,21H,1-3H3,(H,20,22)/b19-11-. The van der Waals surface area contributed by atoms with E-state index >= 15 is 0 Å².